The fraction of sp³-hybridized carbons (Fsp3) is 0.143. The molecule has 0 radical (unpaired) electrons. The Morgan fingerprint density at radius 1 is 1.13 bits per heavy atom. The van der Waals surface area contributed by atoms with Crippen LogP contribution in [-0.4, -0.2) is 29.0 Å². The molecule has 4 aromatic rings. The first kappa shape index (κ1) is 20.2. The quantitative estimate of drug-likeness (QED) is 0.507. The molecule has 8 nitrogen and oxygen atoms in total. The summed E-state index contributed by atoms with van der Waals surface area (Å²) in [7, 11) is 1.37. The summed E-state index contributed by atoms with van der Waals surface area (Å²) in [6.07, 6.45) is 1.46. The van der Waals surface area contributed by atoms with Crippen molar-refractivity contribution in [3.63, 3.8) is 0 Å². The third kappa shape index (κ3) is 3.75. The SMILES string of the molecule is CNC(=O)C(NC(=O)c1cc(-c2ccco2)nc2onc(C)c12)c1ccc(F)c(F)c1. The number of halogens is 2. The van der Waals surface area contributed by atoms with Gasteiger partial charge in [0, 0.05) is 7.05 Å². The molecule has 1 aromatic carbocycles. The zero-order chi connectivity index (χ0) is 22.1. The normalized spacial score (nSPS) is 12.0. The van der Waals surface area contributed by atoms with Crippen LogP contribution in [0.1, 0.15) is 27.7 Å². The Morgan fingerprint density at radius 2 is 1.94 bits per heavy atom. The number of furan rings is 1. The lowest BCUT2D eigenvalue weighted by molar-refractivity contribution is -0.122. The topological polar surface area (TPSA) is 110 Å². The average Bonchev–Trinajstić information content (AvgIpc) is 3.43. The van der Waals surface area contributed by atoms with E-state index in [1.54, 1.807) is 19.1 Å². The summed E-state index contributed by atoms with van der Waals surface area (Å²) >= 11 is 0. The van der Waals surface area contributed by atoms with Gasteiger partial charge in [-0.15, -0.1) is 0 Å². The number of nitrogens with zero attached hydrogens (tertiary/aromatic N) is 2. The smallest absolute Gasteiger partial charge is 0.259 e. The van der Waals surface area contributed by atoms with Gasteiger partial charge in [0.25, 0.3) is 11.6 Å². The molecule has 0 fully saturated rings. The van der Waals surface area contributed by atoms with Gasteiger partial charge in [0.05, 0.1) is 22.9 Å². The molecule has 3 aromatic heterocycles. The van der Waals surface area contributed by atoms with E-state index < -0.39 is 29.5 Å². The minimum absolute atomic E-state index is 0.0743. The number of fused-ring (bicyclic) bond motifs is 1. The molecular weight excluding hydrogens is 410 g/mol. The van der Waals surface area contributed by atoms with Crippen LogP contribution in [-0.2, 0) is 4.79 Å². The Morgan fingerprint density at radius 3 is 2.61 bits per heavy atom. The van der Waals surface area contributed by atoms with Crippen molar-refractivity contribution in [3.8, 4) is 11.5 Å². The maximum Gasteiger partial charge on any atom is 0.259 e. The number of nitrogens with one attached hydrogen (secondary N) is 2. The third-order valence-electron chi connectivity index (χ3n) is 4.70. The molecular formula is C21H16F2N4O4. The van der Waals surface area contributed by atoms with E-state index in [1.165, 1.54) is 25.4 Å². The lowest BCUT2D eigenvalue weighted by Gasteiger charge is -2.18. The van der Waals surface area contributed by atoms with Crippen LogP contribution in [0, 0.1) is 18.6 Å². The summed E-state index contributed by atoms with van der Waals surface area (Å²) in [5.41, 5.74) is 1.06. The van der Waals surface area contributed by atoms with Gasteiger partial charge in [0.2, 0.25) is 5.91 Å². The molecule has 10 heteroatoms. The minimum Gasteiger partial charge on any atom is -0.463 e. The summed E-state index contributed by atoms with van der Waals surface area (Å²) in [6.45, 7) is 1.64. The van der Waals surface area contributed by atoms with Gasteiger partial charge < -0.3 is 19.6 Å². The Balaban J connectivity index is 1.77. The molecule has 0 aliphatic rings. The highest BCUT2D eigenvalue weighted by Crippen LogP contribution is 2.28. The molecule has 158 valence electrons. The first-order valence-electron chi connectivity index (χ1n) is 9.17. The Hall–Kier alpha value is -4.08. The number of rotatable bonds is 5. The number of aryl methyl sites for hydroxylation is 1. The summed E-state index contributed by atoms with van der Waals surface area (Å²) in [5, 5.41) is 9.17. The highest BCUT2D eigenvalue weighted by molar-refractivity contribution is 6.08. The lowest BCUT2D eigenvalue weighted by Crippen LogP contribution is -2.39. The number of hydrogen-bond acceptors (Lipinski definition) is 6. The van der Waals surface area contributed by atoms with Crippen molar-refractivity contribution in [1.82, 2.24) is 20.8 Å². The van der Waals surface area contributed by atoms with Gasteiger partial charge in [0.15, 0.2) is 17.4 Å². The second-order valence-corrected chi connectivity index (χ2v) is 6.67. The number of carbonyl (C=O) groups excluding carboxylic acids is 2. The van der Waals surface area contributed by atoms with Crippen LogP contribution >= 0.6 is 0 Å². The van der Waals surface area contributed by atoms with Crippen LogP contribution in [0.25, 0.3) is 22.6 Å². The van der Waals surface area contributed by atoms with Gasteiger partial charge in [-0.1, -0.05) is 11.2 Å². The Bertz CT molecular complexity index is 1280. The molecule has 0 saturated carbocycles. The molecule has 2 amide bonds. The molecule has 0 spiro atoms. The second kappa shape index (κ2) is 7.98. The Kier molecular flexibility index (Phi) is 5.20. The summed E-state index contributed by atoms with van der Waals surface area (Å²) in [4.78, 5) is 29.9. The van der Waals surface area contributed by atoms with E-state index in [0.29, 0.717) is 22.5 Å². The van der Waals surface area contributed by atoms with E-state index in [9.17, 15) is 18.4 Å². The van der Waals surface area contributed by atoms with Crippen molar-refractivity contribution in [2.45, 2.75) is 13.0 Å². The highest BCUT2D eigenvalue weighted by Gasteiger charge is 2.26. The van der Waals surface area contributed by atoms with Crippen LogP contribution in [0.3, 0.4) is 0 Å². The minimum atomic E-state index is -1.27. The van der Waals surface area contributed by atoms with Gasteiger partial charge >= 0.3 is 0 Å². The fourth-order valence-electron chi connectivity index (χ4n) is 3.17. The highest BCUT2D eigenvalue weighted by atomic mass is 19.2. The van der Waals surface area contributed by atoms with Crippen LogP contribution in [0.4, 0.5) is 8.78 Å². The van der Waals surface area contributed by atoms with Crippen molar-refractivity contribution in [2.75, 3.05) is 7.05 Å². The first-order valence-corrected chi connectivity index (χ1v) is 9.17. The predicted octanol–water partition coefficient (Wildman–Crippen LogP) is 3.29. The largest absolute Gasteiger partial charge is 0.463 e. The van der Waals surface area contributed by atoms with Crippen LogP contribution in [0.2, 0.25) is 0 Å². The van der Waals surface area contributed by atoms with E-state index in [-0.39, 0.29) is 16.8 Å². The maximum atomic E-state index is 13.7. The zero-order valence-electron chi connectivity index (χ0n) is 16.4. The van der Waals surface area contributed by atoms with Crippen molar-refractivity contribution in [2.24, 2.45) is 0 Å². The average molecular weight is 426 g/mol. The van der Waals surface area contributed by atoms with Gasteiger partial charge in [-0.3, -0.25) is 9.59 Å². The number of benzene rings is 1. The molecule has 31 heavy (non-hydrogen) atoms. The van der Waals surface area contributed by atoms with Crippen LogP contribution in [0.5, 0.6) is 0 Å². The molecule has 0 aliphatic carbocycles. The lowest BCUT2D eigenvalue weighted by atomic mass is 10.0. The van der Waals surface area contributed by atoms with E-state index >= 15 is 0 Å². The van der Waals surface area contributed by atoms with E-state index in [4.69, 9.17) is 8.94 Å². The van der Waals surface area contributed by atoms with E-state index in [1.807, 2.05) is 0 Å². The van der Waals surface area contributed by atoms with Crippen molar-refractivity contribution in [1.29, 1.82) is 0 Å². The third-order valence-corrected chi connectivity index (χ3v) is 4.70. The van der Waals surface area contributed by atoms with Gasteiger partial charge in [-0.25, -0.2) is 13.8 Å². The molecule has 0 bridgehead atoms. The van der Waals surface area contributed by atoms with Crippen LogP contribution < -0.4 is 10.6 Å². The standard InChI is InChI=1S/C21H16F2N4O4/c1-10-17-12(9-15(16-4-3-7-30-16)25-21(17)31-27-10)19(28)26-18(20(29)24-2)11-5-6-13(22)14(23)8-11/h3-9,18H,1-2H3,(H,24,29)(H,26,28). The second-order valence-electron chi connectivity index (χ2n) is 6.67. The maximum absolute atomic E-state index is 13.7. The van der Waals surface area contributed by atoms with Crippen molar-refractivity contribution in [3.05, 3.63) is 71.1 Å². The van der Waals surface area contributed by atoms with Gasteiger partial charge in [-0.2, -0.15) is 0 Å². The van der Waals surface area contributed by atoms with Gasteiger partial charge in [0.1, 0.15) is 11.7 Å². The fourth-order valence-corrected chi connectivity index (χ4v) is 3.17. The molecule has 4 rings (SSSR count). The van der Waals surface area contributed by atoms with Crippen molar-refractivity contribution < 1.29 is 27.3 Å². The number of likely N-dealkylation sites (N-methyl/N-ethyl adjacent to an activating group) is 1. The summed E-state index contributed by atoms with van der Waals surface area (Å²) in [6, 6.07) is 6.49. The van der Waals surface area contributed by atoms with E-state index in [0.717, 1.165) is 12.1 Å². The monoisotopic (exact) mass is 426 g/mol. The predicted molar refractivity (Wildman–Crippen MR) is 105 cm³/mol. The number of carbonyl (C=O) groups is 2. The first-order chi connectivity index (χ1) is 14.9. The summed E-state index contributed by atoms with van der Waals surface area (Å²) < 4.78 is 37.6. The molecule has 2 N–H and O–H groups in total. The number of pyridine rings is 1. The van der Waals surface area contributed by atoms with E-state index in [2.05, 4.69) is 20.8 Å². The van der Waals surface area contributed by atoms with Crippen molar-refractivity contribution >= 4 is 22.9 Å². The molecule has 0 aliphatic heterocycles. The number of amides is 2. The Labute approximate surface area is 174 Å². The molecule has 3 heterocycles. The van der Waals surface area contributed by atoms with Gasteiger partial charge in [-0.05, 0) is 42.8 Å². The number of hydrogen-bond donors (Lipinski definition) is 2. The molecule has 0 saturated heterocycles. The molecule has 1 atom stereocenters. The van der Waals surface area contributed by atoms with Crippen LogP contribution in [0.15, 0.2) is 51.6 Å². The molecule has 1 unspecified atom stereocenters. The summed E-state index contributed by atoms with van der Waals surface area (Å²) in [5.74, 6) is -3.08. The zero-order valence-corrected chi connectivity index (χ0v) is 16.4. The number of aromatic nitrogens is 2.